The van der Waals surface area contributed by atoms with E-state index in [1.165, 1.54) is 0 Å². The number of hydrogen-bond donors (Lipinski definition) is 3. The van der Waals surface area contributed by atoms with Crippen molar-refractivity contribution in [2.75, 3.05) is 18.8 Å². The van der Waals surface area contributed by atoms with E-state index in [0.29, 0.717) is 24.8 Å². The number of nitrogens with two attached hydrogens (primary N) is 1. The summed E-state index contributed by atoms with van der Waals surface area (Å²) < 4.78 is 0. The van der Waals surface area contributed by atoms with E-state index in [0.717, 1.165) is 39.8 Å². The number of thiazole rings is 2. The fourth-order valence-corrected chi connectivity index (χ4v) is 4.35. The van der Waals surface area contributed by atoms with Crippen molar-refractivity contribution in [2.24, 2.45) is 16.6 Å². The summed E-state index contributed by atoms with van der Waals surface area (Å²) in [5, 5.41) is 6.55. The van der Waals surface area contributed by atoms with Crippen LogP contribution in [0.5, 0.6) is 0 Å². The zero-order valence-corrected chi connectivity index (χ0v) is 17.6. The molecule has 0 fully saturated rings. The summed E-state index contributed by atoms with van der Waals surface area (Å²) in [4.78, 5) is 25.8. The smallest absolute Gasteiger partial charge is 0.229 e. The molecule has 9 heteroatoms. The first-order chi connectivity index (χ1) is 12.5. The second-order valence-corrected chi connectivity index (χ2v) is 8.50. The Labute approximate surface area is 167 Å². The van der Waals surface area contributed by atoms with Crippen LogP contribution in [0.4, 0.5) is 0 Å². The lowest BCUT2D eigenvalue weighted by Gasteiger charge is -2.05. The van der Waals surface area contributed by atoms with Gasteiger partial charge >= 0.3 is 0 Å². The molecule has 0 saturated carbocycles. The van der Waals surface area contributed by atoms with Gasteiger partial charge in [-0.15, -0.1) is 22.7 Å². The molecule has 0 atom stereocenters. The van der Waals surface area contributed by atoms with Crippen molar-refractivity contribution in [1.29, 1.82) is 0 Å². The summed E-state index contributed by atoms with van der Waals surface area (Å²) >= 11 is 7.15. The van der Waals surface area contributed by atoms with Crippen molar-refractivity contribution < 1.29 is 4.79 Å². The monoisotopic (exact) mass is 411 g/mol. The minimum atomic E-state index is -0.0492. The number of aromatic nitrogens is 2. The van der Waals surface area contributed by atoms with E-state index in [1.54, 1.807) is 28.9 Å². The summed E-state index contributed by atoms with van der Waals surface area (Å²) in [6, 6.07) is 0. The van der Waals surface area contributed by atoms with Gasteiger partial charge in [-0.1, -0.05) is 13.8 Å². The van der Waals surface area contributed by atoms with Gasteiger partial charge in [0.25, 0.3) is 0 Å². The second-order valence-electron chi connectivity index (χ2n) is 6.21. The lowest BCUT2D eigenvalue weighted by molar-refractivity contribution is -0.118. The van der Waals surface area contributed by atoms with Crippen LogP contribution < -0.4 is 11.1 Å². The number of carbonyl (C=O) groups is 1. The minimum absolute atomic E-state index is 0.0492. The SMILES string of the molecule is CC(C)Cc1sc(-c2nccs2)nc1C(N)=NCCCCNC(=O)CS. The summed E-state index contributed by atoms with van der Waals surface area (Å²) in [7, 11) is 0. The minimum Gasteiger partial charge on any atom is -0.382 e. The summed E-state index contributed by atoms with van der Waals surface area (Å²) in [6.45, 7) is 5.62. The molecule has 142 valence electrons. The highest BCUT2D eigenvalue weighted by atomic mass is 32.1. The molecule has 3 N–H and O–H groups in total. The van der Waals surface area contributed by atoms with Crippen LogP contribution in [0.3, 0.4) is 0 Å². The van der Waals surface area contributed by atoms with Gasteiger partial charge in [-0.2, -0.15) is 12.6 Å². The first-order valence-corrected chi connectivity index (χ1v) is 10.9. The maximum atomic E-state index is 11.1. The predicted octanol–water partition coefficient (Wildman–Crippen LogP) is 3.00. The molecule has 26 heavy (non-hydrogen) atoms. The molecular formula is C17H25N5OS3. The third-order valence-corrected chi connectivity index (χ3v) is 5.76. The van der Waals surface area contributed by atoms with Crippen LogP contribution in [0.1, 0.15) is 37.3 Å². The van der Waals surface area contributed by atoms with Gasteiger partial charge in [0, 0.05) is 29.5 Å². The van der Waals surface area contributed by atoms with E-state index in [2.05, 4.69) is 41.8 Å². The molecule has 0 aliphatic carbocycles. The molecule has 0 spiro atoms. The Kier molecular flexibility index (Phi) is 8.53. The van der Waals surface area contributed by atoms with Crippen LogP contribution in [0.25, 0.3) is 10.0 Å². The Bertz CT molecular complexity index is 725. The number of aliphatic imine (C=N–C) groups is 1. The van der Waals surface area contributed by atoms with Crippen LogP contribution in [-0.2, 0) is 11.2 Å². The number of rotatable bonds is 10. The van der Waals surface area contributed by atoms with E-state index in [-0.39, 0.29) is 11.7 Å². The normalized spacial score (nSPS) is 11.9. The third kappa shape index (κ3) is 6.37. The van der Waals surface area contributed by atoms with Gasteiger partial charge in [-0.3, -0.25) is 9.79 Å². The Morgan fingerprint density at radius 2 is 2.19 bits per heavy atom. The van der Waals surface area contributed by atoms with E-state index in [1.807, 2.05) is 5.38 Å². The zero-order valence-electron chi connectivity index (χ0n) is 15.1. The average Bonchev–Trinajstić information content (AvgIpc) is 3.26. The number of nitrogens with one attached hydrogen (secondary N) is 1. The fraction of sp³-hybridized carbons (Fsp3) is 0.529. The van der Waals surface area contributed by atoms with Crippen molar-refractivity contribution in [3.05, 3.63) is 22.1 Å². The number of hydrogen-bond acceptors (Lipinski definition) is 7. The lowest BCUT2D eigenvalue weighted by atomic mass is 10.1. The van der Waals surface area contributed by atoms with E-state index >= 15 is 0 Å². The molecule has 2 rings (SSSR count). The summed E-state index contributed by atoms with van der Waals surface area (Å²) in [5.41, 5.74) is 7.01. The Morgan fingerprint density at radius 1 is 1.38 bits per heavy atom. The number of unbranched alkanes of at least 4 members (excludes halogenated alkanes) is 1. The lowest BCUT2D eigenvalue weighted by Crippen LogP contribution is -2.25. The van der Waals surface area contributed by atoms with Crippen LogP contribution in [0, 0.1) is 5.92 Å². The molecule has 0 radical (unpaired) electrons. The molecule has 2 aromatic rings. The highest BCUT2D eigenvalue weighted by Crippen LogP contribution is 2.31. The first kappa shape index (κ1) is 20.9. The molecule has 0 aromatic carbocycles. The van der Waals surface area contributed by atoms with E-state index in [9.17, 15) is 4.79 Å². The van der Waals surface area contributed by atoms with Gasteiger partial charge in [0.2, 0.25) is 5.91 Å². The predicted molar refractivity (Wildman–Crippen MR) is 113 cm³/mol. The van der Waals surface area contributed by atoms with Gasteiger partial charge in [-0.05, 0) is 25.2 Å². The standard InChI is InChI=1S/C17H25N5OS3/c1-11(2)9-12-14(22-17(26-12)16-21-7-8-25-16)15(18)20-6-4-3-5-19-13(23)10-24/h7-8,11,24H,3-6,9-10H2,1-2H3,(H2,18,20)(H,19,23). The maximum absolute atomic E-state index is 11.1. The first-order valence-electron chi connectivity index (χ1n) is 8.58. The molecule has 0 aliphatic rings. The van der Waals surface area contributed by atoms with E-state index in [4.69, 9.17) is 10.7 Å². The quantitative estimate of drug-likeness (QED) is 0.242. The molecule has 2 aromatic heterocycles. The summed E-state index contributed by atoms with van der Waals surface area (Å²) in [5.74, 6) is 1.17. The molecule has 6 nitrogen and oxygen atoms in total. The highest BCUT2D eigenvalue weighted by Gasteiger charge is 2.17. The van der Waals surface area contributed by atoms with Crippen molar-refractivity contribution in [3.63, 3.8) is 0 Å². The number of carbonyl (C=O) groups excluding carboxylic acids is 1. The zero-order chi connectivity index (χ0) is 18.9. The summed E-state index contributed by atoms with van der Waals surface area (Å²) in [6.07, 6.45) is 4.42. The Morgan fingerprint density at radius 3 is 2.85 bits per heavy atom. The second kappa shape index (κ2) is 10.6. The van der Waals surface area contributed by atoms with Gasteiger partial charge < -0.3 is 11.1 Å². The van der Waals surface area contributed by atoms with Crippen molar-refractivity contribution in [1.82, 2.24) is 15.3 Å². The molecule has 0 saturated heterocycles. The topological polar surface area (TPSA) is 93.3 Å². The largest absolute Gasteiger partial charge is 0.382 e. The number of nitrogens with zero attached hydrogens (tertiary/aromatic N) is 3. The molecule has 0 aliphatic heterocycles. The van der Waals surface area contributed by atoms with Crippen LogP contribution in [-0.4, -0.2) is 40.6 Å². The van der Waals surface area contributed by atoms with Crippen molar-refractivity contribution in [2.45, 2.75) is 33.1 Å². The average molecular weight is 412 g/mol. The van der Waals surface area contributed by atoms with Crippen LogP contribution >= 0.6 is 35.3 Å². The fourth-order valence-electron chi connectivity index (χ4n) is 2.28. The van der Waals surface area contributed by atoms with Crippen LogP contribution in [0.2, 0.25) is 0 Å². The van der Waals surface area contributed by atoms with Crippen LogP contribution in [0.15, 0.2) is 16.6 Å². The van der Waals surface area contributed by atoms with E-state index < -0.39 is 0 Å². The Balaban J connectivity index is 1.99. The highest BCUT2D eigenvalue weighted by molar-refractivity contribution is 7.81. The molecule has 0 unspecified atom stereocenters. The van der Waals surface area contributed by atoms with Gasteiger partial charge in [-0.25, -0.2) is 9.97 Å². The molecule has 1 amide bonds. The number of amides is 1. The van der Waals surface area contributed by atoms with Gasteiger partial charge in [0.15, 0.2) is 10.0 Å². The van der Waals surface area contributed by atoms with Gasteiger partial charge in [0.1, 0.15) is 11.5 Å². The number of amidine groups is 1. The third-order valence-electron chi connectivity index (χ3n) is 3.48. The molecule has 0 bridgehead atoms. The number of thiol groups is 1. The maximum Gasteiger partial charge on any atom is 0.229 e. The Hall–Kier alpha value is -1.45. The molecular weight excluding hydrogens is 386 g/mol. The van der Waals surface area contributed by atoms with Crippen molar-refractivity contribution in [3.8, 4) is 10.0 Å². The van der Waals surface area contributed by atoms with Gasteiger partial charge in [0.05, 0.1) is 5.75 Å². The molecule has 2 heterocycles. The van der Waals surface area contributed by atoms with Crippen molar-refractivity contribution >= 4 is 47.0 Å².